The Morgan fingerprint density at radius 2 is 1.89 bits per heavy atom. The fourth-order valence-electron chi connectivity index (χ4n) is 1.23. The highest BCUT2D eigenvalue weighted by Crippen LogP contribution is 2.21. The molecule has 5 nitrogen and oxygen atoms in total. The SMILES string of the molecule is O=C(O)CCCNC(=O)Nc1cc(F)c(F)cc1I. The maximum absolute atomic E-state index is 13.0. The second-order valence-corrected chi connectivity index (χ2v) is 4.79. The molecular weight excluding hydrogens is 373 g/mol. The van der Waals surface area contributed by atoms with E-state index >= 15 is 0 Å². The molecule has 1 rings (SSSR count). The molecule has 0 heterocycles. The Morgan fingerprint density at radius 3 is 2.53 bits per heavy atom. The van der Waals surface area contributed by atoms with Gasteiger partial charge in [-0.25, -0.2) is 13.6 Å². The molecule has 19 heavy (non-hydrogen) atoms. The summed E-state index contributed by atoms with van der Waals surface area (Å²) in [6.45, 7) is 0.179. The van der Waals surface area contributed by atoms with Gasteiger partial charge in [-0.15, -0.1) is 0 Å². The first kappa shape index (κ1) is 15.6. The van der Waals surface area contributed by atoms with Gasteiger partial charge < -0.3 is 15.7 Å². The van der Waals surface area contributed by atoms with Crippen LogP contribution in [0.25, 0.3) is 0 Å². The van der Waals surface area contributed by atoms with Crippen molar-refractivity contribution in [2.75, 3.05) is 11.9 Å². The number of hydrogen-bond donors (Lipinski definition) is 3. The Kier molecular flexibility index (Phi) is 5.93. The van der Waals surface area contributed by atoms with Crippen molar-refractivity contribution >= 4 is 40.3 Å². The minimum absolute atomic E-state index is 0.0526. The van der Waals surface area contributed by atoms with Gasteiger partial charge in [-0.3, -0.25) is 4.79 Å². The van der Waals surface area contributed by atoms with Gasteiger partial charge in [0.25, 0.3) is 0 Å². The van der Waals surface area contributed by atoms with E-state index in [9.17, 15) is 18.4 Å². The fourth-order valence-corrected chi connectivity index (χ4v) is 1.79. The fraction of sp³-hybridized carbons (Fsp3) is 0.273. The molecular formula is C11H11F2IN2O3. The van der Waals surface area contributed by atoms with Crippen LogP contribution in [0.1, 0.15) is 12.8 Å². The minimum Gasteiger partial charge on any atom is -0.481 e. The van der Waals surface area contributed by atoms with E-state index in [-0.39, 0.29) is 25.1 Å². The van der Waals surface area contributed by atoms with Crippen LogP contribution >= 0.6 is 22.6 Å². The molecule has 1 aromatic carbocycles. The molecule has 0 aliphatic rings. The first-order valence-electron chi connectivity index (χ1n) is 5.31. The van der Waals surface area contributed by atoms with Crippen molar-refractivity contribution in [2.24, 2.45) is 0 Å². The number of halogens is 3. The molecule has 8 heteroatoms. The molecule has 104 valence electrons. The van der Waals surface area contributed by atoms with E-state index in [1.807, 2.05) is 0 Å². The number of carbonyl (C=O) groups is 2. The molecule has 0 saturated carbocycles. The number of aliphatic carboxylic acids is 1. The third kappa shape index (κ3) is 5.37. The number of hydrogen-bond acceptors (Lipinski definition) is 2. The summed E-state index contributed by atoms with van der Waals surface area (Å²) in [5, 5.41) is 13.2. The Balaban J connectivity index is 2.48. The number of rotatable bonds is 5. The molecule has 0 aromatic heterocycles. The largest absolute Gasteiger partial charge is 0.481 e. The van der Waals surface area contributed by atoms with Gasteiger partial charge in [0.15, 0.2) is 11.6 Å². The van der Waals surface area contributed by atoms with Crippen molar-refractivity contribution in [3.8, 4) is 0 Å². The number of carboxylic acid groups (broad SMARTS) is 1. The van der Waals surface area contributed by atoms with E-state index in [0.29, 0.717) is 3.57 Å². The minimum atomic E-state index is -1.05. The molecule has 0 radical (unpaired) electrons. The highest BCUT2D eigenvalue weighted by Gasteiger charge is 2.10. The monoisotopic (exact) mass is 384 g/mol. The zero-order valence-corrected chi connectivity index (χ0v) is 11.8. The maximum atomic E-state index is 13.0. The van der Waals surface area contributed by atoms with Crippen LogP contribution < -0.4 is 10.6 Å². The average Bonchev–Trinajstić information content (AvgIpc) is 2.31. The van der Waals surface area contributed by atoms with Crippen LogP contribution in [0.2, 0.25) is 0 Å². The molecule has 3 N–H and O–H groups in total. The van der Waals surface area contributed by atoms with E-state index < -0.39 is 23.6 Å². The Bertz CT molecular complexity index is 497. The summed E-state index contributed by atoms with van der Waals surface area (Å²) in [5.74, 6) is -2.99. The summed E-state index contributed by atoms with van der Waals surface area (Å²) < 4.78 is 26.2. The summed E-state index contributed by atoms with van der Waals surface area (Å²) in [7, 11) is 0. The number of anilines is 1. The molecule has 0 saturated heterocycles. The zero-order chi connectivity index (χ0) is 14.4. The highest BCUT2D eigenvalue weighted by atomic mass is 127. The lowest BCUT2D eigenvalue weighted by atomic mass is 10.3. The van der Waals surface area contributed by atoms with Gasteiger partial charge in [0, 0.05) is 22.6 Å². The van der Waals surface area contributed by atoms with E-state index in [2.05, 4.69) is 10.6 Å². The van der Waals surface area contributed by atoms with Crippen molar-refractivity contribution in [3.05, 3.63) is 27.3 Å². The lowest BCUT2D eigenvalue weighted by molar-refractivity contribution is -0.137. The van der Waals surface area contributed by atoms with Crippen LogP contribution in [-0.2, 0) is 4.79 Å². The average molecular weight is 384 g/mol. The van der Waals surface area contributed by atoms with Crippen LogP contribution in [0.15, 0.2) is 12.1 Å². The predicted octanol–water partition coefficient (Wildman–Crippen LogP) is 2.56. The van der Waals surface area contributed by atoms with E-state index in [1.54, 1.807) is 22.6 Å². The highest BCUT2D eigenvalue weighted by molar-refractivity contribution is 14.1. The molecule has 0 bridgehead atoms. The Morgan fingerprint density at radius 1 is 1.26 bits per heavy atom. The number of carboxylic acids is 1. The van der Waals surface area contributed by atoms with Crippen molar-refractivity contribution < 1.29 is 23.5 Å². The molecule has 2 amide bonds. The van der Waals surface area contributed by atoms with Crippen molar-refractivity contribution in [1.82, 2.24) is 5.32 Å². The first-order chi connectivity index (χ1) is 8.90. The van der Waals surface area contributed by atoms with Crippen molar-refractivity contribution in [1.29, 1.82) is 0 Å². The molecule has 0 spiro atoms. The maximum Gasteiger partial charge on any atom is 0.319 e. The number of urea groups is 1. The summed E-state index contributed by atoms with van der Waals surface area (Å²) in [5.41, 5.74) is 0.148. The molecule has 0 aliphatic heterocycles. The molecule has 0 aliphatic carbocycles. The first-order valence-corrected chi connectivity index (χ1v) is 6.39. The standard InChI is InChI=1S/C11H11F2IN2O3/c12-6-4-8(14)9(5-7(6)13)16-11(19)15-3-1-2-10(17)18/h4-5H,1-3H2,(H,17,18)(H2,15,16,19). The second-order valence-electron chi connectivity index (χ2n) is 3.62. The number of carbonyl (C=O) groups excluding carboxylic acids is 1. The summed E-state index contributed by atoms with van der Waals surface area (Å²) in [4.78, 5) is 21.7. The lowest BCUT2D eigenvalue weighted by Crippen LogP contribution is -2.30. The number of nitrogens with one attached hydrogen (secondary N) is 2. The topological polar surface area (TPSA) is 78.4 Å². The predicted molar refractivity (Wildman–Crippen MR) is 73.0 cm³/mol. The second kappa shape index (κ2) is 7.22. The van der Waals surface area contributed by atoms with Gasteiger partial charge in [0.2, 0.25) is 0 Å². The molecule has 0 unspecified atom stereocenters. The van der Waals surface area contributed by atoms with Gasteiger partial charge in [-0.1, -0.05) is 0 Å². The van der Waals surface area contributed by atoms with Gasteiger partial charge in [0.1, 0.15) is 0 Å². The number of amides is 2. The molecule has 0 fully saturated rings. The van der Waals surface area contributed by atoms with Gasteiger partial charge in [0.05, 0.1) is 5.69 Å². The van der Waals surface area contributed by atoms with Crippen molar-refractivity contribution in [3.63, 3.8) is 0 Å². The van der Waals surface area contributed by atoms with E-state index in [4.69, 9.17) is 5.11 Å². The van der Waals surface area contributed by atoms with Crippen LogP contribution in [0.5, 0.6) is 0 Å². The van der Waals surface area contributed by atoms with Gasteiger partial charge in [-0.05, 0) is 35.1 Å². The number of benzene rings is 1. The van der Waals surface area contributed by atoms with Crippen LogP contribution in [0.3, 0.4) is 0 Å². The van der Waals surface area contributed by atoms with Crippen LogP contribution in [0, 0.1) is 15.2 Å². The Hall–Kier alpha value is -1.45. The molecule has 0 atom stereocenters. The van der Waals surface area contributed by atoms with Crippen molar-refractivity contribution in [2.45, 2.75) is 12.8 Å². The lowest BCUT2D eigenvalue weighted by Gasteiger charge is -2.09. The quantitative estimate of drug-likeness (QED) is 0.415. The Labute approximate surface area is 121 Å². The smallest absolute Gasteiger partial charge is 0.319 e. The summed E-state index contributed by atoms with van der Waals surface area (Å²) in [6.07, 6.45) is 0.237. The van der Waals surface area contributed by atoms with Gasteiger partial charge in [-0.2, -0.15) is 0 Å². The zero-order valence-electron chi connectivity index (χ0n) is 9.67. The van der Waals surface area contributed by atoms with Crippen LogP contribution in [0.4, 0.5) is 19.3 Å². The van der Waals surface area contributed by atoms with E-state index in [0.717, 1.165) is 12.1 Å². The third-order valence-corrected chi connectivity index (χ3v) is 3.00. The summed E-state index contributed by atoms with van der Waals surface area (Å²) >= 11 is 1.76. The normalized spacial score (nSPS) is 10.1. The van der Waals surface area contributed by atoms with Gasteiger partial charge >= 0.3 is 12.0 Å². The van der Waals surface area contributed by atoms with Crippen LogP contribution in [-0.4, -0.2) is 23.7 Å². The third-order valence-electron chi connectivity index (χ3n) is 2.11. The summed E-state index contributed by atoms with van der Waals surface area (Å²) in [6, 6.07) is 1.25. The van der Waals surface area contributed by atoms with E-state index in [1.165, 1.54) is 0 Å². The molecule has 1 aromatic rings.